The highest BCUT2D eigenvalue weighted by Crippen LogP contribution is 2.17. The van der Waals surface area contributed by atoms with Crippen molar-refractivity contribution >= 4 is 0 Å². The van der Waals surface area contributed by atoms with E-state index in [1.807, 2.05) is 7.05 Å². The van der Waals surface area contributed by atoms with Crippen molar-refractivity contribution in [2.24, 2.45) is 11.7 Å². The van der Waals surface area contributed by atoms with E-state index < -0.39 is 0 Å². The first-order chi connectivity index (χ1) is 7.56. The number of rotatable bonds is 6. The highest BCUT2D eigenvalue weighted by molar-refractivity contribution is 4.86. The van der Waals surface area contributed by atoms with Gasteiger partial charge in [0.2, 0.25) is 0 Å². The van der Waals surface area contributed by atoms with E-state index in [1.54, 1.807) is 0 Å². The molecule has 3 N–H and O–H groups in total. The maximum atomic E-state index is 9.48. The van der Waals surface area contributed by atoms with Crippen LogP contribution in [0.3, 0.4) is 0 Å². The lowest BCUT2D eigenvalue weighted by atomic mass is 9.96. The second kappa shape index (κ2) is 6.55. The third-order valence-corrected chi connectivity index (χ3v) is 3.43. The average Bonchev–Trinajstić information content (AvgIpc) is 2.69. The summed E-state index contributed by atoms with van der Waals surface area (Å²) in [5.41, 5.74) is 6.16. The van der Waals surface area contributed by atoms with Gasteiger partial charge < -0.3 is 15.6 Å². The molecule has 0 bridgehead atoms. The van der Waals surface area contributed by atoms with Crippen LogP contribution in [0.5, 0.6) is 0 Å². The summed E-state index contributed by atoms with van der Waals surface area (Å²) >= 11 is 0. The van der Waals surface area contributed by atoms with Crippen molar-refractivity contribution in [1.82, 2.24) is 4.90 Å². The maximum absolute atomic E-state index is 9.48. The summed E-state index contributed by atoms with van der Waals surface area (Å²) in [5, 5.41) is 9.48. The van der Waals surface area contributed by atoms with E-state index >= 15 is 0 Å². The summed E-state index contributed by atoms with van der Waals surface area (Å²) < 4.78 is 5.37. The first-order valence-corrected chi connectivity index (χ1v) is 6.22. The molecule has 0 aliphatic carbocycles. The Balaban J connectivity index is 2.50. The van der Waals surface area contributed by atoms with Gasteiger partial charge >= 0.3 is 0 Å². The Morgan fingerprint density at radius 3 is 2.62 bits per heavy atom. The van der Waals surface area contributed by atoms with Crippen LogP contribution in [0.4, 0.5) is 0 Å². The van der Waals surface area contributed by atoms with Crippen LogP contribution in [0.1, 0.15) is 26.7 Å². The van der Waals surface area contributed by atoms with Crippen molar-refractivity contribution in [2.45, 2.75) is 44.8 Å². The van der Waals surface area contributed by atoms with Crippen LogP contribution in [-0.2, 0) is 4.74 Å². The lowest BCUT2D eigenvalue weighted by Crippen LogP contribution is -2.52. The third-order valence-electron chi connectivity index (χ3n) is 3.43. The van der Waals surface area contributed by atoms with Gasteiger partial charge in [-0.1, -0.05) is 13.8 Å². The van der Waals surface area contributed by atoms with Gasteiger partial charge in [-0.2, -0.15) is 0 Å². The predicted octanol–water partition coefficient (Wildman–Crippen LogP) is 0.441. The van der Waals surface area contributed by atoms with Crippen LogP contribution in [0.25, 0.3) is 0 Å². The zero-order valence-electron chi connectivity index (χ0n) is 10.7. The Kier molecular flexibility index (Phi) is 5.69. The lowest BCUT2D eigenvalue weighted by Gasteiger charge is -2.35. The standard InChI is InChI=1S/C12H26N2O2/c1-9(2)6-11(13)12(7-15)14(3)10-4-5-16-8-10/h9-12,15H,4-8,13H2,1-3H3. The van der Waals surface area contributed by atoms with Crippen molar-refractivity contribution in [2.75, 3.05) is 26.9 Å². The Morgan fingerprint density at radius 1 is 1.50 bits per heavy atom. The predicted molar refractivity (Wildman–Crippen MR) is 65.3 cm³/mol. The summed E-state index contributed by atoms with van der Waals surface area (Å²) in [6.45, 7) is 6.04. The van der Waals surface area contributed by atoms with Crippen LogP contribution in [0, 0.1) is 5.92 Å². The monoisotopic (exact) mass is 230 g/mol. The van der Waals surface area contributed by atoms with E-state index in [0.717, 1.165) is 26.1 Å². The summed E-state index contributed by atoms with van der Waals surface area (Å²) in [6.07, 6.45) is 1.99. The lowest BCUT2D eigenvalue weighted by molar-refractivity contribution is 0.0760. The van der Waals surface area contributed by atoms with E-state index in [-0.39, 0.29) is 18.7 Å². The van der Waals surface area contributed by atoms with Crippen LogP contribution >= 0.6 is 0 Å². The molecule has 0 spiro atoms. The number of nitrogens with zero attached hydrogens (tertiary/aromatic N) is 1. The van der Waals surface area contributed by atoms with Crippen molar-refractivity contribution < 1.29 is 9.84 Å². The normalized spacial score (nSPS) is 25.3. The second-order valence-corrected chi connectivity index (χ2v) is 5.23. The SMILES string of the molecule is CC(C)CC(N)C(CO)N(C)C1CCOC1. The number of likely N-dealkylation sites (N-methyl/N-ethyl adjacent to an activating group) is 1. The van der Waals surface area contributed by atoms with Crippen molar-refractivity contribution in [3.63, 3.8) is 0 Å². The van der Waals surface area contributed by atoms with Gasteiger partial charge in [-0.25, -0.2) is 0 Å². The topological polar surface area (TPSA) is 58.7 Å². The minimum atomic E-state index is 0.0376. The van der Waals surface area contributed by atoms with Crippen LogP contribution < -0.4 is 5.73 Å². The molecule has 1 rings (SSSR count). The fourth-order valence-corrected chi connectivity index (χ4v) is 2.38. The smallest absolute Gasteiger partial charge is 0.0622 e. The number of ether oxygens (including phenoxy) is 1. The first kappa shape index (κ1) is 13.9. The summed E-state index contributed by atoms with van der Waals surface area (Å²) in [4.78, 5) is 2.19. The molecule has 1 aliphatic rings. The number of aliphatic hydroxyl groups excluding tert-OH is 1. The van der Waals surface area contributed by atoms with Gasteiger partial charge in [0.25, 0.3) is 0 Å². The number of hydrogen-bond donors (Lipinski definition) is 2. The molecule has 3 atom stereocenters. The van der Waals surface area contributed by atoms with E-state index in [1.165, 1.54) is 0 Å². The zero-order chi connectivity index (χ0) is 12.1. The van der Waals surface area contributed by atoms with Crippen molar-refractivity contribution in [1.29, 1.82) is 0 Å². The molecule has 1 saturated heterocycles. The second-order valence-electron chi connectivity index (χ2n) is 5.23. The molecule has 96 valence electrons. The summed E-state index contributed by atoms with van der Waals surface area (Å²) in [6, 6.07) is 0.500. The molecular weight excluding hydrogens is 204 g/mol. The molecule has 1 aliphatic heterocycles. The number of aliphatic hydroxyl groups is 1. The highest BCUT2D eigenvalue weighted by atomic mass is 16.5. The molecule has 0 aromatic heterocycles. The van der Waals surface area contributed by atoms with Crippen LogP contribution in [0.15, 0.2) is 0 Å². The van der Waals surface area contributed by atoms with Gasteiger partial charge in [-0.3, -0.25) is 4.90 Å². The summed E-state index contributed by atoms with van der Waals surface area (Å²) in [7, 11) is 2.04. The molecule has 4 heteroatoms. The molecule has 1 fully saturated rings. The molecule has 16 heavy (non-hydrogen) atoms. The fraction of sp³-hybridized carbons (Fsp3) is 1.00. The Labute approximate surface area is 98.8 Å². The van der Waals surface area contributed by atoms with Gasteiger partial charge in [0.05, 0.1) is 13.2 Å². The zero-order valence-corrected chi connectivity index (χ0v) is 10.7. The number of hydrogen-bond acceptors (Lipinski definition) is 4. The molecule has 0 aromatic rings. The molecule has 4 nitrogen and oxygen atoms in total. The van der Waals surface area contributed by atoms with Crippen molar-refractivity contribution in [3.05, 3.63) is 0 Å². The third kappa shape index (κ3) is 3.70. The van der Waals surface area contributed by atoms with Gasteiger partial charge in [0.15, 0.2) is 0 Å². The molecule has 3 unspecified atom stereocenters. The van der Waals surface area contributed by atoms with E-state index in [9.17, 15) is 5.11 Å². The first-order valence-electron chi connectivity index (χ1n) is 6.22. The maximum Gasteiger partial charge on any atom is 0.0622 e. The minimum Gasteiger partial charge on any atom is -0.395 e. The van der Waals surface area contributed by atoms with E-state index in [2.05, 4.69) is 18.7 Å². The average molecular weight is 230 g/mol. The van der Waals surface area contributed by atoms with Gasteiger partial charge in [0.1, 0.15) is 0 Å². The van der Waals surface area contributed by atoms with E-state index in [4.69, 9.17) is 10.5 Å². The minimum absolute atomic E-state index is 0.0376. The Hall–Kier alpha value is -0.160. The molecule has 0 radical (unpaired) electrons. The van der Waals surface area contributed by atoms with Gasteiger partial charge in [-0.15, -0.1) is 0 Å². The molecule has 1 heterocycles. The summed E-state index contributed by atoms with van der Waals surface area (Å²) in [5.74, 6) is 0.567. The van der Waals surface area contributed by atoms with Crippen LogP contribution in [-0.4, -0.2) is 55.0 Å². The molecular formula is C12H26N2O2. The van der Waals surface area contributed by atoms with Gasteiger partial charge in [0, 0.05) is 24.7 Å². The molecule has 0 aromatic carbocycles. The van der Waals surface area contributed by atoms with Crippen molar-refractivity contribution in [3.8, 4) is 0 Å². The largest absolute Gasteiger partial charge is 0.395 e. The molecule has 0 amide bonds. The Bertz CT molecular complexity index is 193. The number of nitrogens with two attached hydrogens (primary N) is 1. The quantitative estimate of drug-likeness (QED) is 0.695. The van der Waals surface area contributed by atoms with Crippen LogP contribution in [0.2, 0.25) is 0 Å². The Morgan fingerprint density at radius 2 is 2.19 bits per heavy atom. The fourth-order valence-electron chi connectivity index (χ4n) is 2.38. The highest BCUT2D eigenvalue weighted by Gasteiger charge is 2.29. The van der Waals surface area contributed by atoms with Gasteiger partial charge in [-0.05, 0) is 25.8 Å². The van der Waals surface area contributed by atoms with E-state index in [0.29, 0.717) is 12.0 Å². The molecule has 0 saturated carbocycles.